The van der Waals surface area contributed by atoms with Crippen LogP contribution in [0.1, 0.15) is 70.6 Å². The van der Waals surface area contributed by atoms with E-state index in [-0.39, 0.29) is 0 Å². The summed E-state index contributed by atoms with van der Waals surface area (Å²) >= 11 is 0. The van der Waals surface area contributed by atoms with E-state index in [1.165, 1.54) is 51.4 Å². The average molecular weight is 240 g/mol. The van der Waals surface area contributed by atoms with Crippen LogP contribution in [0.15, 0.2) is 0 Å². The van der Waals surface area contributed by atoms with Gasteiger partial charge in [0, 0.05) is 0 Å². The standard InChI is InChI=1S/C15H28O2/c16-14(11-12-7-3-1-4-8-12)15(17)13-9-5-2-6-10-13/h12-17H,1-11H2. The predicted molar refractivity (Wildman–Crippen MR) is 69.8 cm³/mol. The molecule has 0 bridgehead atoms. The lowest BCUT2D eigenvalue weighted by Crippen LogP contribution is -2.36. The third-order valence-corrected chi connectivity index (χ3v) is 4.83. The molecule has 0 aromatic carbocycles. The van der Waals surface area contributed by atoms with Crippen molar-refractivity contribution in [3.63, 3.8) is 0 Å². The van der Waals surface area contributed by atoms with Crippen molar-refractivity contribution >= 4 is 0 Å². The Hall–Kier alpha value is -0.0800. The van der Waals surface area contributed by atoms with Crippen molar-refractivity contribution in [3.05, 3.63) is 0 Å². The fraction of sp³-hybridized carbons (Fsp3) is 1.00. The Morgan fingerprint density at radius 1 is 0.765 bits per heavy atom. The second-order valence-electron chi connectivity index (χ2n) is 6.20. The van der Waals surface area contributed by atoms with Gasteiger partial charge in [-0.25, -0.2) is 0 Å². The molecule has 2 atom stereocenters. The van der Waals surface area contributed by atoms with Crippen molar-refractivity contribution in [2.24, 2.45) is 11.8 Å². The molecule has 2 unspecified atom stereocenters. The molecule has 2 nitrogen and oxygen atoms in total. The van der Waals surface area contributed by atoms with Crippen LogP contribution in [-0.4, -0.2) is 22.4 Å². The molecule has 0 radical (unpaired) electrons. The number of rotatable bonds is 4. The summed E-state index contributed by atoms with van der Waals surface area (Å²) in [5.74, 6) is 1.03. The summed E-state index contributed by atoms with van der Waals surface area (Å²) in [7, 11) is 0. The first-order valence-corrected chi connectivity index (χ1v) is 7.63. The SMILES string of the molecule is OC(CC1CCCCC1)C(O)C1CCCCC1. The van der Waals surface area contributed by atoms with E-state index in [1.54, 1.807) is 0 Å². The highest BCUT2D eigenvalue weighted by atomic mass is 16.3. The van der Waals surface area contributed by atoms with Gasteiger partial charge in [0.25, 0.3) is 0 Å². The van der Waals surface area contributed by atoms with Crippen LogP contribution in [0.4, 0.5) is 0 Å². The summed E-state index contributed by atoms with van der Waals surface area (Å²) in [5, 5.41) is 20.4. The van der Waals surface area contributed by atoms with Crippen molar-refractivity contribution in [1.82, 2.24) is 0 Å². The lowest BCUT2D eigenvalue weighted by atomic mass is 9.79. The summed E-state index contributed by atoms with van der Waals surface area (Å²) in [5.41, 5.74) is 0. The first kappa shape index (κ1) is 13.4. The molecule has 2 heteroatoms. The number of aliphatic hydroxyl groups excluding tert-OH is 2. The zero-order valence-electron chi connectivity index (χ0n) is 11.0. The van der Waals surface area contributed by atoms with Gasteiger partial charge in [0.15, 0.2) is 0 Å². The highest BCUT2D eigenvalue weighted by Gasteiger charge is 2.29. The maximum Gasteiger partial charge on any atom is 0.0827 e. The van der Waals surface area contributed by atoms with Crippen LogP contribution in [0.5, 0.6) is 0 Å². The lowest BCUT2D eigenvalue weighted by Gasteiger charge is -2.32. The molecule has 0 spiro atoms. The van der Waals surface area contributed by atoms with Crippen LogP contribution < -0.4 is 0 Å². The fourth-order valence-corrected chi connectivity index (χ4v) is 3.69. The highest BCUT2D eigenvalue weighted by molar-refractivity contribution is 4.81. The summed E-state index contributed by atoms with van der Waals surface area (Å²) < 4.78 is 0. The van der Waals surface area contributed by atoms with E-state index in [1.807, 2.05) is 0 Å². The smallest absolute Gasteiger partial charge is 0.0827 e. The van der Waals surface area contributed by atoms with Gasteiger partial charge in [0.2, 0.25) is 0 Å². The van der Waals surface area contributed by atoms with Gasteiger partial charge in [0.05, 0.1) is 12.2 Å². The third kappa shape index (κ3) is 3.96. The maximum atomic E-state index is 10.2. The van der Waals surface area contributed by atoms with Gasteiger partial charge in [0.1, 0.15) is 0 Å². The molecular formula is C15H28O2. The van der Waals surface area contributed by atoms with E-state index < -0.39 is 12.2 Å². The molecule has 0 aromatic rings. The van der Waals surface area contributed by atoms with Gasteiger partial charge in [-0.3, -0.25) is 0 Å². The third-order valence-electron chi connectivity index (χ3n) is 4.83. The van der Waals surface area contributed by atoms with Crippen LogP contribution in [-0.2, 0) is 0 Å². The van der Waals surface area contributed by atoms with Crippen molar-refractivity contribution < 1.29 is 10.2 Å². The average Bonchev–Trinajstić information content (AvgIpc) is 2.40. The Morgan fingerprint density at radius 2 is 1.29 bits per heavy atom. The monoisotopic (exact) mass is 240 g/mol. The first-order chi connectivity index (χ1) is 8.27. The summed E-state index contributed by atoms with van der Waals surface area (Å²) in [6.45, 7) is 0. The molecule has 17 heavy (non-hydrogen) atoms. The van der Waals surface area contributed by atoms with Crippen LogP contribution >= 0.6 is 0 Å². The molecule has 2 saturated carbocycles. The lowest BCUT2D eigenvalue weighted by molar-refractivity contribution is -0.0395. The van der Waals surface area contributed by atoms with E-state index in [4.69, 9.17) is 0 Å². The topological polar surface area (TPSA) is 40.5 Å². The molecule has 2 rings (SSSR count). The van der Waals surface area contributed by atoms with Crippen LogP contribution in [0.2, 0.25) is 0 Å². The Labute approximate surface area is 105 Å². The number of hydrogen-bond donors (Lipinski definition) is 2. The number of aliphatic hydroxyl groups is 2. The minimum Gasteiger partial charge on any atom is -0.390 e. The fourth-order valence-electron chi connectivity index (χ4n) is 3.69. The van der Waals surface area contributed by atoms with Gasteiger partial charge in [-0.1, -0.05) is 51.4 Å². The summed E-state index contributed by atoms with van der Waals surface area (Å²) in [6.07, 6.45) is 12.4. The molecule has 0 saturated heterocycles. The van der Waals surface area contributed by atoms with E-state index in [0.29, 0.717) is 11.8 Å². The molecular weight excluding hydrogens is 212 g/mol. The summed E-state index contributed by atoms with van der Waals surface area (Å²) in [6, 6.07) is 0. The Morgan fingerprint density at radius 3 is 1.88 bits per heavy atom. The molecule has 0 aromatic heterocycles. The predicted octanol–water partition coefficient (Wildman–Crippen LogP) is 3.26. The van der Waals surface area contributed by atoms with Crippen molar-refractivity contribution in [2.75, 3.05) is 0 Å². The first-order valence-electron chi connectivity index (χ1n) is 7.63. The summed E-state index contributed by atoms with van der Waals surface area (Å²) in [4.78, 5) is 0. The van der Waals surface area contributed by atoms with Crippen molar-refractivity contribution in [3.8, 4) is 0 Å². The zero-order valence-corrected chi connectivity index (χ0v) is 11.0. The second-order valence-corrected chi connectivity index (χ2v) is 6.20. The van der Waals surface area contributed by atoms with E-state index in [2.05, 4.69) is 0 Å². The molecule has 0 amide bonds. The Kier molecular flexibility index (Phi) is 5.30. The molecule has 2 aliphatic carbocycles. The van der Waals surface area contributed by atoms with Gasteiger partial charge in [-0.2, -0.15) is 0 Å². The van der Waals surface area contributed by atoms with E-state index in [9.17, 15) is 10.2 Å². The molecule has 100 valence electrons. The number of hydrogen-bond acceptors (Lipinski definition) is 2. The van der Waals surface area contributed by atoms with E-state index in [0.717, 1.165) is 19.3 Å². The maximum absolute atomic E-state index is 10.2. The van der Waals surface area contributed by atoms with Crippen LogP contribution in [0, 0.1) is 11.8 Å². The van der Waals surface area contributed by atoms with E-state index >= 15 is 0 Å². The highest BCUT2D eigenvalue weighted by Crippen LogP contribution is 2.32. The van der Waals surface area contributed by atoms with Gasteiger partial charge >= 0.3 is 0 Å². The van der Waals surface area contributed by atoms with Crippen molar-refractivity contribution in [1.29, 1.82) is 0 Å². The Bertz CT molecular complexity index is 205. The molecule has 2 fully saturated rings. The van der Waals surface area contributed by atoms with Gasteiger partial charge in [-0.05, 0) is 31.1 Å². The van der Waals surface area contributed by atoms with Gasteiger partial charge in [-0.15, -0.1) is 0 Å². The van der Waals surface area contributed by atoms with Crippen molar-refractivity contribution in [2.45, 2.75) is 82.8 Å². The van der Waals surface area contributed by atoms with Crippen LogP contribution in [0.3, 0.4) is 0 Å². The molecule has 0 heterocycles. The molecule has 2 aliphatic rings. The minimum absolute atomic E-state index is 0.363. The molecule has 0 aliphatic heterocycles. The largest absolute Gasteiger partial charge is 0.390 e. The van der Waals surface area contributed by atoms with Gasteiger partial charge < -0.3 is 10.2 Å². The van der Waals surface area contributed by atoms with Crippen LogP contribution in [0.25, 0.3) is 0 Å². The quantitative estimate of drug-likeness (QED) is 0.792. The minimum atomic E-state index is -0.471. The molecule has 2 N–H and O–H groups in total. The Balaban J connectivity index is 1.75. The normalized spacial score (nSPS) is 27.9. The zero-order chi connectivity index (χ0) is 12.1. The second kappa shape index (κ2) is 6.75.